The van der Waals surface area contributed by atoms with Gasteiger partial charge in [0.25, 0.3) is 0 Å². The maximum atomic E-state index is 11.7. The third kappa shape index (κ3) is 5.30. The third-order valence-corrected chi connectivity index (χ3v) is 5.69. The van der Waals surface area contributed by atoms with Crippen molar-refractivity contribution in [1.29, 1.82) is 0 Å². The van der Waals surface area contributed by atoms with Crippen LogP contribution >= 0.6 is 12.4 Å². The van der Waals surface area contributed by atoms with Gasteiger partial charge in [-0.2, -0.15) is 0 Å². The van der Waals surface area contributed by atoms with E-state index in [0.29, 0.717) is 12.2 Å². The lowest BCUT2D eigenvalue weighted by Gasteiger charge is -2.36. The van der Waals surface area contributed by atoms with Crippen LogP contribution in [0, 0.1) is 0 Å². The number of ether oxygens (including phenoxy) is 2. The standard InChI is InChI=1S/C29H27NO3.ClH/c1-32-28(31)27(30)21-22-17-19-26(20-18-22)33-29(23-11-5-2-6-12-23,24-13-7-3-8-14-24)25-15-9-4-10-16-25;/h2-20,27H,21,30H2,1H3;1H. The first-order chi connectivity index (χ1) is 16.1. The van der Waals surface area contributed by atoms with Gasteiger partial charge in [0.05, 0.1) is 7.11 Å². The van der Waals surface area contributed by atoms with Crippen LogP contribution in [0.1, 0.15) is 22.3 Å². The number of benzene rings is 4. The van der Waals surface area contributed by atoms with Crippen molar-refractivity contribution in [1.82, 2.24) is 0 Å². The predicted molar refractivity (Wildman–Crippen MR) is 137 cm³/mol. The average molecular weight is 474 g/mol. The maximum Gasteiger partial charge on any atom is 0.322 e. The molecule has 0 bridgehead atoms. The Bertz CT molecular complexity index is 1070. The van der Waals surface area contributed by atoms with Crippen molar-refractivity contribution >= 4 is 18.4 Å². The van der Waals surface area contributed by atoms with Gasteiger partial charge in [-0.05, 0) is 24.1 Å². The molecule has 0 fully saturated rings. The Morgan fingerprint density at radius 1 is 0.735 bits per heavy atom. The molecule has 34 heavy (non-hydrogen) atoms. The second kappa shape index (κ2) is 11.5. The third-order valence-electron chi connectivity index (χ3n) is 5.69. The fraction of sp³-hybridized carbons (Fsp3) is 0.138. The van der Waals surface area contributed by atoms with E-state index in [1.165, 1.54) is 7.11 Å². The van der Waals surface area contributed by atoms with Crippen LogP contribution in [0.3, 0.4) is 0 Å². The number of nitrogens with two attached hydrogens (primary N) is 1. The lowest BCUT2D eigenvalue weighted by atomic mass is 9.80. The van der Waals surface area contributed by atoms with E-state index < -0.39 is 17.6 Å². The molecule has 5 heteroatoms. The Labute approximate surface area is 206 Å². The molecule has 4 nitrogen and oxygen atoms in total. The summed E-state index contributed by atoms with van der Waals surface area (Å²) in [6, 6.07) is 37.7. The van der Waals surface area contributed by atoms with Crippen molar-refractivity contribution in [2.24, 2.45) is 5.73 Å². The minimum Gasteiger partial charge on any atom is -0.473 e. The highest BCUT2D eigenvalue weighted by Crippen LogP contribution is 2.41. The Morgan fingerprint density at radius 3 is 1.53 bits per heavy atom. The van der Waals surface area contributed by atoms with Crippen LogP contribution in [0.25, 0.3) is 0 Å². The fourth-order valence-electron chi connectivity index (χ4n) is 4.05. The van der Waals surface area contributed by atoms with E-state index in [1.54, 1.807) is 0 Å². The van der Waals surface area contributed by atoms with E-state index in [9.17, 15) is 4.79 Å². The largest absolute Gasteiger partial charge is 0.473 e. The smallest absolute Gasteiger partial charge is 0.322 e. The van der Waals surface area contributed by atoms with Crippen LogP contribution in [-0.2, 0) is 21.6 Å². The first-order valence-electron chi connectivity index (χ1n) is 10.9. The van der Waals surface area contributed by atoms with Crippen LogP contribution < -0.4 is 10.5 Å². The molecule has 174 valence electrons. The number of methoxy groups -OCH3 is 1. The number of esters is 1. The SMILES string of the molecule is COC(=O)C(N)Cc1ccc(OC(c2ccccc2)(c2ccccc2)c2ccccc2)cc1.Cl. The highest BCUT2D eigenvalue weighted by Gasteiger charge is 2.38. The van der Waals surface area contributed by atoms with Gasteiger partial charge in [0.2, 0.25) is 0 Å². The highest BCUT2D eigenvalue weighted by molar-refractivity contribution is 5.85. The Morgan fingerprint density at radius 2 is 1.15 bits per heavy atom. The quantitative estimate of drug-likeness (QED) is 0.270. The van der Waals surface area contributed by atoms with E-state index >= 15 is 0 Å². The van der Waals surface area contributed by atoms with E-state index in [0.717, 1.165) is 22.3 Å². The maximum absolute atomic E-state index is 11.7. The van der Waals surface area contributed by atoms with E-state index in [1.807, 2.05) is 78.9 Å². The number of rotatable bonds is 8. The molecule has 1 unspecified atom stereocenters. The molecular weight excluding hydrogens is 446 g/mol. The van der Waals surface area contributed by atoms with Gasteiger partial charge in [0, 0.05) is 16.7 Å². The highest BCUT2D eigenvalue weighted by atomic mass is 35.5. The second-order valence-corrected chi connectivity index (χ2v) is 7.86. The summed E-state index contributed by atoms with van der Waals surface area (Å²) in [5.74, 6) is 0.286. The zero-order valence-electron chi connectivity index (χ0n) is 19.0. The summed E-state index contributed by atoms with van der Waals surface area (Å²) in [5, 5.41) is 0. The van der Waals surface area contributed by atoms with Crippen LogP contribution in [0.5, 0.6) is 5.75 Å². The molecule has 0 aliphatic heterocycles. The minimum atomic E-state index is -0.840. The van der Waals surface area contributed by atoms with Crippen molar-refractivity contribution in [2.45, 2.75) is 18.1 Å². The van der Waals surface area contributed by atoms with E-state index in [-0.39, 0.29) is 12.4 Å². The van der Waals surface area contributed by atoms with Crippen molar-refractivity contribution in [2.75, 3.05) is 7.11 Å². The number of hydrogen-bond acceptors (Lipinski definition) is 4. The Balaban J connectivity index is 0.00000324. The molecule has 0 aliphatic carbocycles. The molecule has 0 spiro atoms. The summed E-state index contributed by atoms with van der Waals surface area (Å²) in [7, 11) is 1.34. The molecule has 4 aromatic rings. The van der Waals surface area contributed by atoms with Gasteiger partial charge in [-0.25, -0.2) is 0 Å². The van der Waals surface area contributed by atoms with Crippen molar-refractivity contribution in [3.8, 4) is 5.75 Å². The summed E-state index contributed by atoms with van der Waals surface area (Å²) in [5.41, 5.74) is 9.10. The molecular formula is C29H28ClNO3. The normalized spacial score (nSPS) is 11.7. The lowest BCUT2D eigenvalue weighted by molar-refractivity contribution is -0.142. The molecule has 0 amide bonds. The summed E-state index contributed by atoms with van der Waals surface area (Å²) in [4.78, 5) is 11.7. The second-order valence-electron chi connectivity index (χ2n) is 7.86. The topological polar surface area (TPSA) is 61.5 Å². The van der Waals surface area contributed by atoms with Crippen LogP contribution in [-0.4, -0.2) is 19.1 Å². The average Bonchev–Trinajstić information content (AvgIpc) is 2.89. The van der Waals surface area contributed by atoms with Crippen molar-refractivity contribution < 1.29 is 14.3 Å². The minimum absolute atomic E-state index is 0. The van der Waals surface area contributed by atoms with Crippen molar-refractivity contribution in [3.05, 3.63) is 138 Å². The zero-order chi connectivity index (χ0) is 23.1. The predicted octanol–water partition coefficient (Wildman–Crippen LogP) is 5.52. The summed E-state index contributed by atoms with van der Waals surface area (Å²) in [6.45, 7) is 0. The molecule has 0 radical (unpaired) electrons. The molecule has 0 aromatic heterocycles. The molecule has 4 rings (SSSR count). The summed E-state index contributed by atoms with van der Waals surface area (Å²) >= 11 is 0. The van der Waals surface area contributed by atoms with Crippen LogP contribution in [0.4, 0.5) is 0 Å². The fourth-order valence-corrected chi connectivity index (χ4v) is 4.05. The number of hydrogen-bond donors (Lipinski definition) is 1. The lowest BCUT2D eigenvalue weighted by Crippen LogP contribution is -2.36. The van der Waals surface area contributed by atoms with Crippen molar-refractivity contribution in [3.63, 3.8) is 0 Å². The van der Waals surface area contributed by atoms with E-state index in [2.05, 4.69) is 36.4 Å². The number of carbonyl (C=O) groups is 1. The molecule has 0 saturated carbocycles. The van der Waals surface area contributed by atoms with E-state index in [4.69, 9.17) is 15.2 Å². The summed E-state index contributed by atoms with van der Waals surface area (Å²) < 4.78 is 11.6. The summed E-state index contributed by atoms with van der Waals surface area (Å²) in [6.07, 6.45) is 0.397. The first-order valence-corrected chi connectivity index (χ1v) is 10.9. The zero-order valence-corrected chi connectivity index (χ0v) is 19.8. The molecule has 0 aliphatic rings. The monoisotopic (exact) mass is 473 g/mol. The van der Waals surface area contributed by atoms with Crippen LogP contribution in [0.2, 0.25) is 0 Å². The van der Waals surface area contributed by atoms with Gasteiger partial charge in [0.15, 0.2) is 5.60 Å². The van der Waals surface area contributed by atoms with Gasteiger partial charge in [-0.3, -0.25) is 4.79 Å². The molecule has 1 atom stereocenters. The number of carbonyl (C=O) groups excluding carboxylic acids is 1. The van der Waals surface area contributed by atoms with Gasteiger partial charge in [0.1, 0.15) is 11.8 Å². The Kier molecular flexibility index (Phi) is 8.47. The molecule has 0 saturated heterocycles. The van der Waals surface area contributed by atoms with Gasteiger partial charge < -0.3 is 15.2 Å². The van der Waals surface area contributed by atoms with Gasteiger partial charge >= 0.3 is 5.97 Å². The Hall–Kier alpha value is -3.60. The molecule has 2 N–H and O–H groups in total. The number of halogens is 1. The van der Waals surface area contributed by atoms with Gasteiger partial charge in [-0.15, -0.1) is 12.4 Å². The van der Waals surface area contributed by atoms with Gasteiger partial charge in [-0.1, -0.05) is 103 Å². The first kappa shape index (κ1) is 25.0. The van der Waals surface area contributed by atoms with Crippen LogP contribution in [0.15, 0.2) is 115 Å². The molecule has 0 heterocycles. The molecule has 4 aromatic carbocycles.